The molecule has 0 saturated heterocycles. The number of methoxy groups -OCH3 is 1. The molecule has 1 heterocycles. The smallest absolute Gasteiger partial charge is 0.145 e. The maximum absolute atomic E-state index is 8.92. The second-order valence-electron chi connectivity index (χ2n) is 2.70. The monoisotopic (exact) mass is 167 g/mol. The summed E-state index contributed by atoms with van der Waals surface area (Å²) in [5.41, 5.74) is 2.71. The van der Waals surface area contributed by atoms with E-state index in [1.807, 2.05) is 13.8 Å². The summed E-state index contributed by atoms with van der Waals surface area (Å²) in [5.74, 6) is 0.692. The normalized spacial score (nSPS) is 10.0. The lowest BCUT2D eigenvalue weighted by atomic mass is 10.1. The second-order valence-corrected chi connectivity index (χ2v) is 2.70. The van der Waals surface area contributed by atoms with Gasteiger partial charge in [-0.15, -0.1) is 0 Å². The molecule has 3 heteroatoms. The zero-order valence-corrected chi connectivity index (χ0v) is 7.59. The Labute approximate surface area is 72.0 Å². The molecule has 0 fully saturated rings. The number of rotatable bonds is 2. The van der Waals surface area contributed by atoms with Gasteiger partial charge in [0.25, 0.3) is 0 Å². The fraction of sp³-hybridized carbons (Fsp3) is 0.444. The van der Waals surface area contributed by atoms with Gasteiger partial charge in [-0.25, -0.2) is 0 Å². The third-order valence-electron chi connectivity index (χ3n) is 1.96. The van der Waals surface area contributed by atoms with Gasteiger partial charge in [-0.1, -0.05) is 0 Å². The molecule has 1 N–H and O–H groups in total. The van der Waals surface area contributed by atoms with Gasteiger partial charge in [0, 0.05) is 6.20 Å². The van der Waals surface area contributed by atoms with Crippen LogP contribution in [0, 0.1) is 13.8 Å². The summed E-state index contributed by atoms with van der Waals surface area (Å²) < 4.78 is 5.13. The number of pyridine rings is 1. The molecule has 1 rings (SSSR count). The average Bonchev–Trinajstić information content (AvgIpc) is 2.09. The molecule has 0 atom stereocenters. The molecule has 0 saturated carbocycles. The summed E-state index contributed by atoms with van der Waals surface area (Å²) >= 11 is 0. The molecule has 0 aromatic carbocycles. The van der Waals surface area contributed by atoms with Crippen molar-refractivity contribution in [2.45, 2.75) is 20.5 Å². The summed E-state index contributed by atoms with van der Waals surface area (Å²) in [5, 5.41) is 8.92. The zero-order valence-electron chi connectivity index (χ0n) is 7.59. The van der Waals surface area contributed by atoms with Gasteiger partial charge in [-0.3, -0.25) is 4.98 Å². The van der Waals surface area contributed by atoms with E-state index in [0.29, 0.717) is 11.4 Å². The Hall–Kier alpha value is -1.09. The third kappa shape index (κ3) is 1.41. The van der Waals surface area contributed by atoms with Crippen LogP contribution in [-0.2, 0) is 6.61 Å². The van der Waals surface area contributed by atoms with E-state index >= 15 is 0 Å². The summed E-state index contributed by atoms with van der Waals surface area (Å²) in [6.07, 6.45) is 1.74. The highest BCUT2D eigenvalue weighted by Crippen LogP contribution is 2.23. The third-order valence-corrected chi connectivity index (χ3v) is 1.96. The van der Waals surface area contributed by atoms with Crippen LogP contribution in [0.5, 0.6) is 5.75 Å². The van der Waals surface area contributed by atoms with Gasteiger partial charge >= 0.3 is 0 Å². The second kappa shape index (κ2) is 3.54. The molecule has 0 aliphatic carbocycles. The van der Waals surface area contributed by atoms with E-state index in [1.165, 1.54) is 0 Å². The fourth-order valence-electron chi connectivity index (χ4n) is 1.11. The molecule has 0 spiro atoms. The molecule has 12 heavy (non-hydrogen) atoms. The summed E-state index contributed by atoms with van der Waals surface area (Å²) in [6.45, 7) is 3.84. The Morgan fingerprint density at radius 2 is 2.17 bits per heavy atom. The predicted molar refractivity (Wildman–Crippen MR) is 46.2 cm³/mol. The Morgan fingerprint density at radius 1 is 1.50 bits per heavy atom. The number of ether oxygens (including phenoxy) is 1. The minimum absolute atomic E-state index is 0.0791. The van der Waals surface area contributed by atoms with Gasteiger partial charge in [0.1, 0.15) is 11.4 Å². The first kappa shape index (κ1) is 9.00. The Morgan fingerprint density at radius 3 is 2.67 bits per heavy atom. The molecule has 0 aliphatic rings. The van der Waals surface area contributed by atoms with Crippen molar-refractivity contribution in [1.82, 2.24) is 4.98 Å². The fourth-order valence-corrected chi connectivity index (χ4v) is 1.11. The van der Waals surface area contributed by atoms with Crippen molar-refractivity contribution in [3.05, 3.63) is 23.0 Å². The highest BCUT2D eigenvalue weighted by molar-refractivity contribution is 5.40. The first-order valence-electron chi connectivity index (χ1n) is 3.80. The largest absolute Gasteiger partial charge is 0.494 e. The van der Waals surface area contributed by atoms with Crippen molar-refractivity contribution < 1.29 is 9.84 Å². The van der Waals surface area contributed by atoms with Crippen molar-refractivity contribution in [1.29, 1.82) is 0 Å². The molecule has 1 aromatic heterocycles. The molecule has 0 amide bonds. The molecular weight excluding hydrogens is 154 g/mol. The van der Waals surface area contributed by atoms with Crippen molar-refractivity contribution >= 4 is 0 Å². The Balaban J connectivity index is 3.25. The quantitative estimate of drug-likeness (QED) is 0.719. The SMILES string of the molecule is COc1c(CO)ncc(C)c1C. The van der Waals surface area contributed by atoms with Crippen LogP contribution in [0.15, 0.2) is 6.20 Å². The van der Waals surface area contributed by atoms with Crippen molar-refractivity contribution in [2.75, 3.05) is 7.11 Å². The number of aliphatic hydroxyl groups excluding tert-OH is 1. The first-order chi connectivity index (χ1) is 5.70. The van der Waals surface area contributed by atoms with Crippen LogP contribution >= 0.6 is 0 Å². The summed E-state index contributed by atoms with van der Waals surface area (Å²) in [4.78, 5) is 4.05. The van der Waals surface area contributed by atoms with E-state index in [1.54, 1.807) is 13.3 Å². The van der Waals surface area contributed by atoms with Crippen LogP contribution in [0.4, 0.5) is 0 Å². The van der Waals surface area contributed by atoms with Gasteiger partial charge < -0.3 is 9.84 Å². The zero-order chi connectivity index (χ0) is 9.14. The van der Waals surface area contributed by atoms with Crippen LogP contribution in [0.2, 0.25) is 0 Å². The van der Waals surface area contributed by atoms with Crippen LogP contribution in [0.3, 0.4) is 0 Å². The van der Waals surface area contributed by atoms with Crippen LogP contribution in [-0.4, -0.2) is 17.2 Å². The molecule has 0 aliphatic heterocycles. The Kier molecular flexibility index (Phi) is 2.65. The van der Waals surface area contributed by atoms with E-state index in [-0.39, 0.29) is 6.61 Å². The van der Waals surface area contributed by atoms with Gasteiger partial charge in [0.15, 0.2) is 0 Å². The Bertz CT molecular complexity index is 284. The van der Waals surface area contributed by atoms with Gasteiger partial charge in [0.05, 0.1) is 13.7 Å². The van der Waals surface area contributed by atoms with Gasteiger partial charge in [0.2, 0.25) is 0 Å². The molecule has 0 bridgehead atoms. The van der Waals surface area contributed by atoms with Crippen LogP contribution in [0.1, 0.15) is 16.8 Å². The number of hydrogen-bond acceptors (Lipinski definition) is 3. The average molecular weight is 167 g/mol. The lowest BCUT2D eigenvalue weighted by molar-refractivity contribution is 0.267. The lowest BCUT2D eigenvalue weighted by Gasteiger charge is -2.10. The van der Waals surface area contributed by atoms with Crippen LogP contribution in [0.25, 0.3) is 0 Å². The van der Waals surface area contributed by atoms with Gasteiger partial charge in [-0.2, -0.15) is 0 Å². The lowest BCUT2D eigenvalue weighted by Crippen LogP contribution is -1.99. The van der Waals surface area contributed by atoms with Crippen molar-refractivity contribution in [3.8, 4) is 5.75 Å². The topological polar surface area (TPSA) is 42.4 Å². The number of aliphatic hydroxyl groups is 1. The summed E-state index contributed by atoms with van der Waals surface area (Å²) in [7, 11) is 1.59. The molecule has 0 radical (unpaired) electrons. The predicted octanol–water partition coefficient (Wildman–Crippen LogP) is 1.20. The van der Waals surface area contributed by atoms with Crippen molar-refractivity contribution in [3.63, 3.8) is 0 Å². The standard InChI is InChI=1S/C9H13NO2/c1-6-4-10-8(5-11)9(12-3)7(6)2/h4,11H,5H2,1-3H3. The van der Waals surface area contributed by atoms with E-state index in [2.05, 4.69) is 4.98 Å². The highest BCUT2D eigenvalue weighted by Gasteiger charge is 2.08. The molecule has 1 aromatic rings. The van der Waals surface area contributed by atoms with E-state index < -0.39 is 0 Å². The van der Waals surface area contributed by atoms with E-state index in [4.69, 9.17) is 9.84 Å². The number of hydrogen-bond donors (Lipinski definition) is 1. The van der Waals surface area contributed by atoms with E-state index in [0.717, 1.165) is 11.1 Å². The van der Waals surface area contributed by atoms with Crippen LogP contribution < -0.4 is 4.74 Å². The molecular formula is C9H13NO2. The molecule has 3 nitrogen and oxygen atoms in total. The molecule has 66 valence electrons. The number of aromatic nitrogens is 1. The maximum Gasteiger partial charge on any atom is 0.145 e. The summed E-state index contributed by atoms with van der Waals surface area (Å²) in [6, 6.07) is 0. The first-order valence-corrected chi connectivity index (χ1v) is 3.80. The number of aryl methyl sites for hydroxylation is 1. The van der Waals surface area contributed by atoms with E-state index in [9.17, 15) is 0 Å². The highest BCUT2D eigenvalue weighted by atomic mass is 16.5. The minimum atomic E-state index is -0.0791. The minimum Gasteiger partial charge on any atom is -0.494 e. The maximum atomic E-state index is 8.92. The van der Waals surface area contributed by atoms with Gasteiger partial charge in [-0.05, 0) is 25.0 Å². The number of nitrogens with zero attached hydrogens (tertiary/aromatic N) is 1. The van der Waals surface area contributed by atoms with Crippen molar-refractivity contribution in [2.24, 2.45) is 0 Å². The molecule has 0 unspecified atom stereocenters.